The molecule has 0 saturated carbocycles. The summed E-state index contributed by atoms with van der Waals surface area (Å²) in [4.78, 5) is 52.7. The van der Waals surface area contributed by atoms with Crippen LogP contribution in [0.2, 0.25) is 0 Å². The van der Waals surface area contributed by atoms with Crippen LogP contribution in [0, 0.1) is 0 Å². The Morgan fingerprint density at radius 1 is 0.442 bits per heavy atom. The zero-order valence-electron chi connectivity index (χ0n) is 33.1. The van der Waals surface area contributed by atoms with Crippen molar-refractivity contribution in [1.29, 1.82) is 0 Å². The van der Waals surface area contributed by atoms with E-state index in [4.69, 9.17) is 5.11 Å². The molecule has 10 heteroatoms. The van der Waals surface area contributed by atoms with Crippen LogP contribution in [0.3, 0.4) is 0 Å². The van der Waals surface area contributed by atoms with E-state index in [-0.39, 0.29) is 12.8 Å². The summed E-state index contributed by atoms with van der Waals surface area (Å²) in [5, 5.41) is 61.9. The molecule has 4 unspecified atom stereocenters. The molecule has 0 bridgehead atoms. The monoisotopic (exact) mass is 743 g/mol. The number of rotatable bonds is 39. The lowest BCUT2D eigenvalue weighted by Crippen LogP contribution is -2.69. The van der Waals surface area contributed by atoms with Gasteiger partial charge in [-0.2, -0.15) is 0 Å². The molecule has 6 N–H and O–H groups in total. The minimum absolute atomic E-state index is 0.253. The van der Waals surface area contributed by atoms with Crippen LogP contribution in [0.15, 0.2) is 0 Å². The second kappa shape index (κ2) is 31.8. The van der Waals surface area contributed by atoms with E-state index < -0.39 is 72.6 Å². The van der Waals surface area contributed by atoms with Crippen LogP contribution in [-0.2, 0) is 19.2 Å². The molecule has 0 saturated heterocycles. The van der Waals surface area contributed by atoms with E-state index in [2.05, 4.69) is 13.8 Å². The summed E-state index contributed by atoms with van der Waals surface area (Å²) in [7, 11) is 0. The second-order valence-corrected chi connectivity index (χ2v) is 15.1. The van der Waals surface area contributed by atoms with Crippen LogP contribution >= 0.6 is 0 Å². The number of Topliss-reactive ketones (excluding diaryl/α,β-unsaturated/α-hetero) is 4. The first-order valence-corrected chi connectivity index (χ1v) is 21.1. The van der Waals surface area contributed by atoms with E-state index >= 15 is 0 Å². The van der Waals surface area contributed by atoms with E-state index in [1.807, 2.05) is 0 Å². The van der Waals surface area contributed by atoms with Crippen molar-refractivity contribution in [3.63, 3.8) is 0 Å². The normalized spacial score (nSPS) is 15.2. The van der Waals surface area contributed by atoms with Crippen molar-refractivity contribution in [3.05, 3.63) is 0 Å². The molecule has 306 valence electrons. The smallest absolute Gasteiger partial charge is 0.219 e. The highest BCUT2D eigenvalue weighted by Crippen LogP contribution is 2.32. The first kappa shape index (κ1) is 50.4. The van der Waals surface area contributed by atoms with Crippen molar-refractivity contribution in [1.82, 2.24) is 0 Å². The van der Waals surface area contributed by atoms with Gasteiger partial charge in [0.2, 0.25) is 5.60 Å². The van der Waals surface area contributed by atoms with E-state index in [0.29, 0.717) is 25.7 Å². The highest BCUT2D eigenvalue weighted by molar-refractivity contribution is 6.16. The Kier molecular flexibility index (Phi) is 30.8. The van der Waals surface area contributed by atoms with Crippen molar-refractivity contribution in [2.75, 3.05) is 13.2 Å². The zero-order valence-corrected chi connectivity index (χ0v) is 33.1. The number of carbonyl (C=O) groups is 4. The van der Waals surface area contributed by atoms with Gasteiger partial charge in [-0.3, -0.25) is 19.2 Å². The Morgan fingerprint density at radius 3 is 1.08 bits per heavy atom. The van der Waals surface area contributed by atoms with Gasteiger partial charge in [-0.15, -0.1) is 0 Å². The van der Waals surface area contributed by atoms with Gasteiger partial charge in [-0.25, -0.2) is 0 Å². The molecular formula is C42H78O10. The number of aliphatic hydroxyl groups is 6. The average molecular weight is 743 g/mol. The van der Waals surface area contributed by atoms with Crippen LogP contribution < -0.4 is 0 Å². The topological polar surface area (TPSA) is 190 Å². The number of ketones is 4. The molecule has 0 aromatic heterocycles. The fourth-order valence-corrected chi connectivity index (χ4v) is 6.90. The summed E-state index contributed by atoms with van der Waals surface area (Å²) in [6.45, 7) is 2.15. The molecule has 0 fully saturated rings. The first-order valence-electron chi connectivity index (χ1n) is 21.1. The predicted octanol–water partition coefficient (Wildman–Crippen LogP) is 7.17. The maximum atomic E-state index is 13.5. The van der Waals surface area contributed by atoms with Crippen LogP contribution in [0.4, 0.5) is 0 Å². The maximum absolute atomic E-state index is 13.5. The number of hydrogen-bond donors (Lipinski definition) is 6. The maximum Gasteiger partial charge on any atom is 0.219 e. The van der Waals surface area contributed by atoms with Gasteiger partial charge in [-0.1, -0.05) is 168 Å². The summed E-state index contributed by atoms with van der Waals surface area (Å²) >= 11 is 0. The van der Waals surface area contributed by atoms with Crippen molar-refractivity contribution in [3.8, 4) is 0 Å². The van der Waals surface area contributed by atoms with Gasteiger partial charge in [0.15, 0.2) is 28.7 Å². The van der Waals surface area contributed by atoms with Gasteiger partial charge < -0.3 is 30.6 Å². The quantitative estimate of drug-likeness (QED) is 0.0278. The molecule has 0 aromatic carbocycles. The standard InChI is InChI=1S/C42H78O10/c1-3-5-7-9-11-13-15-17-19-21-23-25-27-29-37(47)41(51,34-44)42(52,39(49)32-31-35(45)40(50)36(46)33-43)38(48)30-28-26-24-22-20-18-16-14-12-10-8-6-4-2/h36,40,43-44,46,50-52H,3-34H2,1-2H3. The average Bonchev–Trinajstić information content (AvgIpc) is 3.15. The largest absolute Gasteiger partial charge is 0.394 e. The Bertz CT molecular complexity index is 940. The fraction of sp³-hybridized carbons (Fsp3) is 0.905. The number of carbonyl (C=O) groups excluding carboxylic acids is 4. The van der Waals surface area contributed by atoms with Gasteiger partial charge >= 0.3 is 0 Å². The van der Waals surface area contributed by atoms with Crippen LogP contribution in [0.5, 0.6) is 0 Å². The van der Waals surface area contributed by atoms with Crippen LogP contribution in [0.25, 0.3) is 0 Å². The molecular weight excluding hydrogens is 664 g/mol. The fourth-order valence-electron chi connectivity index (χ4n) is 6.90. The molecule has 0 aliphatic heterocycles. The van der Waals surface area contributed by atoms with Crippen molar-refractivity contribution < 1.29 is 49.8 Å². The summed E-state index contributed by atoms with van der Waals surface area (Å²) in [5.41, 5.74) is -6.38. The highest BCUT2D eigenvalue weighted by atomic mass is 16.4. The Morgan fingerprint density at radius 2 is 0.750 bits per heavy atom. The molecule has 0 rings (SSSR count). The zero-order chi connectivity index (χ0) is 39.1. The summed E-state index contributed by atoms with van der Waals surface area (Å²) in [5.74, 6) is -4.46. The minimum atomic E-state index is -3.28. The molecule has 0 aromatic rings. The minimum Gasteiger partial charge on any atom is -0.394 e. The lowest BCUT2D eigenvalue weighted by atomic mass is 9.71. The van der Waals surface area contributed by atoms with Gasteiger partial charge in [0.1, 0.15) is 12.2 Å². The highest BCUT2D eigenvalue weighted by Gasteiger charge is 2.62. The van der Waals surface area contributed by atoms with E-state index in [1.165, 1.54) is 89.9 Å². The third-order valence-electron chi connectivity index (χ3n) is 10.6. The van der Waals surface area contributed by atoms with E-state index in [0.717, 1.165) is 51.4 Å². The number of aliphatic hydroxyl groups excluding tert-OH is 4. The third kappa shape index (κ3) is 20.2. The third-order valence-corrected chi connectivity index (χ3v) is 10.6. The lowest BCUT2D eigenvalue weighted by molar-refractivity contribution is -0.194. The van der Waals surface area contributed by atoms with E-state index in [9.17, 15) is 44.7 Å². The Hall–Kier alpha value is -1.56. The van der Waals surface area contributed by atoms with Gasteiger partial charge in [0.25, 0.3) is 0 Å². The Balaban J connectivity index is 5.13. The molecule has 0 heterocycles. The molecule has 0 radical (unpaired) electrons. The summed E-state index contributed by atoms with van der Waals surface area (Å²) < 4.78 is 0. The van der Waals surface area contributed by atoms with Crippen LogP contribution in [-0.4, -0.2) is 90.4 Å². The van der Waals surface area contributed by atoms with Gasteiger partial charge in [-0.05, 0) is 12.8 Å². The predicted molar refractivity (Wildman–Crippen MR) is 206 cm³/mol. The Labute approximate surface area is 315 Å². The second-order valence-electron chi connectivity index (χ2n) is 15.1. The van der Waals surface area contributed by atoms with Crippen molar-refractivity contribution in [2.45, 2.75) is 230 Å². The van der Waals surface area contributed by atoms with Crippen molar-refractivity contribution >= 4 is 23.1 Å². The lowest BCUT2D eigenvalue weighted by Gasteiger charge is -2.39. The van der Waals surface area contributed by atoms with Crippen molar-refractivity contribution in [2.24, 2.45) is 0 Å². The molecule has 0 spiro atoms. The van der Waals surface area contributed by atoms with Gasteiger partial charge in [0.05, 0.1) is 13.2 Å². The molecule has 4 atom stereocenters. The molecule has 52 heavy (non-hydrogen) atoms. The summed E-state index contributed by atoms with van der Waals surface area (Å²) in [6, 6.07) is 0. The van der Waals surface area contributed by atoms with Gasteiger partial charge in [0, 0.05) is 25.7 Å². The molecule has 10 nitrogen and oxygen atoms in total. The number of hydrogen-bond acceptors (Lipinski definition) is 10. The molecule has 0 amide bonds. The number of unbranched alkanes of at least 4 members (excludes halogenated alkanes) is 24. The van der Waals surface area contributed by atoms with Crippen LogP contribution in [0.1, 0.15) is 206 Å². The van der Waals surface area contributed by atoms with E-state index in [1.54, 1.807) is 0 Å². The SMILES string of the molecule is CCCCCCCCCCCCCCCC(=O)C(O)(CO)C(O)(C(=O)CCCCCCCCCCCCCCC)C(=O)CCC(=O)C(O)C(O)CO. The first-order chi connectivity index (χ1) is 25.0. The molecule has 0 aliphatic rings. The summed E-state index contributed by atoms with van der Waals surface area (Å²) in [6.07, 6.45) is 21.9. The molecule has 0 aliphatic carbocycles.